The lowest BCUT2D eigenvalue weighted by Crippen LogP contribution is -2.34. The van der Waals surface area contributed by atoms with Crippen LogP contribution in [0.1, 0.15) is 0 Å². The normalized spacial score (nSPS) is 11.6. The van der Waals surface area contributed by atoms with E-state index >= 15 is 0 Å². The van der Waals surface area contributed by atoms with Gasteiger partial charge in [0.25, 0.3) is 0 Å². The monoisotopic (exact) mass is 227 g/mol. The lowest BCUT2D eigenvalue weighted by Gasteiger charge is -2.15. The molecule has 6 heteroatoms. The van der Waals surface area contributed by atoms with Gasteiger partial charge in [-0.3, -0.25) is 5.41 Å². The molecule has 0 unspecified atom stereocenters. The Morgan fingerprint density at radius 2 is 1.93 bits per heavy atom. The smallest absolute Gasteiger partial charge is 0.243 e. The molecule has 0 amide bonds. The molecule has 5 nitrogen and oxygen atoms in total. The van der Waals surface area contributed by atoms with Crippen LogP contribution in [0, 0.1) is 5.41 Å². The quantitative estimate of drug-likeness (QED) is 0.570. The predicted molar refractivity (Wildman–Crippen MR) is 58.2 cm³/mol. The summed E-state index contributed by atoms with van der Waals surface area (Å²) < 4.78 is 24.7. The molecule has 0 aliphatic heterocycles. The highest BCUT2D eigenvalue weighted by Gasteiger charge is 2.20. The van der Waals surface area contributed by atoms with Crippen LogP contribution in [0.25, 0.3) is 0 Å². The van der Waals surface area contributed by atoms with E-state index in [2.05, 4.69) is 0 Å². The van der Waals surface area contributed by atoms with Crippen molar-refractivity contribution in [2.45, 2.75) is 4.90 Å². The van der Waals surface area contributed by atoms with Crippen LogP contribution in [0.4, 0.5) is 0 Å². The molecular weight excluding hydrogens is 214 g/mol. The molecule has 0 atom stereocenters. The third-order valence-electron chi connectivity index (χ3n) is 1.84. The summed E-state index contributed by atoms with van der Waals surface area (Å²) in [6.07, 6.45) is 0. The first kappa shape index (κ1) is 11.7. The Balaban J connectivity index is 2.99. The summed E-state index contributed by atoms with van der Waals surface area (Å²) in [5, 5.41) is 7.04. The molecule has 0 aliphatic rings. The largest absolute Gasteiger partial charge is 0.387 e. The predicted octanol–water partition coefficient (Wildman–Crippen LogP) is 0.243. The van der Waals surface area contributed by atoms with E-state index in [9.17, 15) is 8.42 Å². The maximum Gasteiger partial charge on any atom is 0.243 e. The van der Waals surface area contributed by atoms with Crippen molar-refractivity contribution in [3.63, 3.8) is 0 Å². The molecule has 0 saturated heterocycles. The Bertz CT molecular complexity index is 442. The molecular formula is C9H13N3O2S. The third kappa shape index (κ3) is 2.77. The molecule has 0 saturated carbocycles. The number of nitrogens with zero attached hydrogens (tertiary/aromatic N) is 1. The number of amidine groups is 1. The summed E-state index contributed by atoms with van der Waals surface area (Å²) >= 11 is 0. The summed E-state index contributed by atoms with van der Waals surface area (Å²) in [4.78, 5) is 0.203. The van der Waals surface area contributed by atoms with Gasteiger partial charge in [-0.2, -0.15) is 4.31 Å². The zero-order chi connectivity index (χ0) is 11.5. The SMILES string of the molecule is CN(CC(=N)N)S(=O)(=O)c1ccccc1. The van der Waals surface area contributed by atoms with Gasteiger partial charge in [-0.15, -0.1) is 0 Å². The minimum atomic E-state index is -3.52. The molecule has 0 aliphatic carbocycles. The lowest BCUT2D eigenvalue weighted by atomic mass is 10.4. The molecule has 1 aromatic carbocycles. The zero-order valence-electron chi connectivity index (χ0n) is 8.34. The zero-order valence-corrected chi connectivity index (χ0v) is 9.16. The number of likely N-dealkylation sites (N-methyl/N-ethyl adjacent to an activating group) is 1. The van der Waals surface area contributed by atoms with Gasteiger partial charge in [-0.25, -0.2) is 8.42 Å². The first-order valence-electron chi connectivity index (χ1n) is 4.29. The van der Waals surface area contributed by atoms with Gasteiger partial charge in [-0.1, -0.05) is 18.2 Å². The van der Waals surface area contributed by atoms with E-state index in [1.54, 1.807) is 18.2 Å². The Morgan fingerprint density at radius 1 is 1.40 bits per heavy atom. The maximum absolute atomic E-state index is 11.8. The van der Waals surface area contributed by atoms with Gasteiger partial charge in [0.2, 0.25) is 10.0 Å². The Kier molecular flexibility index (Phi) is 3.43. The standard InChI is InChI=1S/C9H13N3O2S/c1-12(7-9(10)11)15(13,14)8-5-3-2-4-6-8/h2-6H,7H2,1H3,(H3,10,11). The van der Waals surface area contributed by atoms with Gasteiger partial charge in [0.1, 0.15) is 5.84 Å². The molecule has 0 aromatic heterocycles. The van der Waals surface area contributed by atoms with Crippen molar-refractivity contribution in [1.29, 1.82) is 5.41 Å². The van der Waals surface area contributed by atoms with E-state index < -0.39 is 10.0 Å². The van der Waals surface area contributed by atoms with Crippen LogP contribution in [0.2, 0.25) is 0 Å². The van der Waals surface area contributed by atoms with Gasteiger partial charge < -0.3 is 5.73 Å². The lowest BCUT2D eigenvalue weighted by molar-refractivity contribution is 0.504. The number of sulfonamides is 1. The Labute approximate surface area is 89.1 Å². The molecule has 3 N–H and O–H groups in total. The van der Waals surface area contributed by atoms with Crippen molar-refractivity contribution < 1.29 is 8.42 Å². The number of rotatable bonds is 4. The molecule has 0 spiro atoms. The van der Waals surface area contributed by atoms with Gasteiger partial charge in [0.15, 0.2) is 0 Å². The van der Waals surface area contributed by atoms with E-state index in [-0.39, 0.29) is 17.3 Å². The van der Waals surface area contributed by atoms with E-state index in [0.29, 0.717) is 0 Å². The van der Waals surface area contributed by atoms with Crippen LogP contribution in [0.15, 0.2) is 35.2 Å². The van der Waals surface area contributed by atoms with E-state index in [1.165, 1.54) is 19.2 Å². The molecule has 0 fully saturated rings. The Hall–Kier alpha value is -1.40. The maximum atomic E-state index is 11.8. The molecule has 1 rings (SSSR count). The second-order valence-electron chi connectivity index (χ2n) is 3.10. The highest BCUT2D eigenvalue weighted by Crippen LogP contribution is 2.12. The highest BCUT2D eigenvalue weighted by molar-refractivity contribution is 7.89. The number of nitrogens with one attached hydrogen (secondary N) is 1. The van der Waals surface area contributed by atoms with Crippen molar-refractivity contribution >= 4 is 15.9 Å². The summed E-state index contributed by atoms with van der Waals surface area (Å²) in [6.45, 7) is -0.1000. The number of nitrogens with two attached hydrogens (primary N) is 1. The summed E-state index contributed by atoms with van der Waals surface area (Å²) in [5.74, 6) is -0.183. The first-order valence-corrected chi connectivity index (χ1v) is 5.73. The van der Waals surface area contributed by atoms with E-state index in [1.807, 2.05) is 0 Å². The number of benzene rings is 1. The van der Waals surface area contributed by atoms with Crippen LogP contribution in [-0.2, 0) is 10.0 Å². The van der Waals surface area contributed by atoms with Crippen LogP contribution in [-0.4, -0.2) is 32.2 Å². The molecule has 82 valence electrons. The topological polar surface area (TPSA) is 87.2 Å². The van der Waals surface area contributed by atoms with E-state index in [0.717, 1.165) is 4.31 Å². The molecule has 0 heterocycles. The Morgan fingerprint density at radius 3 is 2.40 bits per heavy atom. The number of hydrogen-bond donors (Lipinski definition) is 2. The van der Waals surface area contributed by atoms with E-state index in [4.69, 9.17) is 11.1 Å². The average Bonchev–Trinajstić information content (AvgIpc) is 2.18. The number of hydrogen-bond acceptors (Lipinski definition) is 3. The van der Waals surface area contributed by atoms with Crippen LogP contribution in [0.3, 0.4) is 0 Å². The molecule has 0 bridgehead atoms. The van der Waals surface area contributed by atoms with Gasteiger partial charge in [0.05, 0.1) is 11.4 Å². The van der Waals surface area contributed by atoms with Gasteiger partial charge in [0, 0.05) is 7.05 Å². The minimum absolute atomic E-state index is 0.1000. The minimum Gasteiger partial charge on any atom is -0.387 e. The fourth-order valence-electron chi connectivity index (χ4n) is 1.10. The average molecular weight is 227 g/mol. The summed E-state index contributed by atoms with van der Waals surface area (Å²) in [5.41, 5.74) is 5.15. The summed E-state index contributed by atoms with van der Waals surface area (Å²) in [7, 11) is -2.13. The molecule has 0 radical (unpaired) electrons. The second-order valence-corrected chi connectivity index (χ2v) is 5.14. The fourth-order valence-corrected chi connectivity index (χ4v) is 2.27. The third-order valence-corrected chi connectivity index (χ3v) is 3.66. The van der Waals surface area contributed by atoms with Gasteiger partial charge >= 0.3 is 0 Å². The van der Waals surface area contributed by atoms with Crippen LogP contribution in [0.5, 0.6) is 0 Å². The van der Waals surface area contributed by atoms with Crippen molar-refractivity contribution in [1.82, 2.24) is 4.31 Å². The van der Waals surface area contributed by atoms with Crippen molar-refractivity contribution in [3.8, 4) is 0 Å². The van der Waals surface area contributed by atoms with Crippen LogP contribution < -0.4 is 5.73 Å². The highest BCUT2D eigenvalue weighted by atomic mass is 32.2. The van der Waals surface area contributed by atoms with Crippen molar-refractivity contribution in [3.05, 3.63) is 30.3 Å². The first-order chi connectivity index (χ1) is 6.94. The molecule has 1 aromatic rings. The van der Waals surface area contributed by atoms with Crippen LogP contribution >= 0.6 is 0 Å². The van der Waals surface area contributed by atoms with Crippen molar-refractivity contribution in [2.75, 3.05) is 13.6 Å². The van der Waals surface area contributed by atoms with Gasteiger partial charge in [-0.05, 0) is 12.1 Å². The second kappa shape index (κ2) is 4.41. The fraction of sp³-hybridized carbons (Fsp3) is 0.222. The molecule has 15 heavy (non-hydrogen) atoms. The van der Waals surface area contributed by atoms with Crippen molar-refractivity contribution in [2.24, 2.45) is 5.73 Å². The summed E-state index contributed by atoms with van der Waals surface area (Å²) in [6, 6.07) is 8.05.